The zero-order valence-corrected chi connectivity index (χ0v) is 12.8. The third kappa shape index (κ3) is 3.96. The zero-order chi connectivity index (χ0) is 13.2. The Hall–Kier alpha value is -0.620. The summed E-state index contributed by atoms with van der Waals surface area (Å²) < 4.78 is 0.940. The van der Waals surface area contributed by atoms with Gasteiger partial charge in [0.25, 0.3) is 5.91 Å². The van der Waals surface area contributed by atoms with E-state index in [1.807, 2.05) is 25.1 Å². The first-order chi connectivity index (χ1) is 7.72. The Balaban J connectivity index is 2.97. The highest BCUT2D eigenvalue weighted by Gasteiger charge is 2.22. The van der Waals surface area contributed by atoms with Gasteiger partial charge in [-0.1, -0.05) is 12.1 Å². The number of benzene rings is 1. The summed E-state index contributed by atoms with van der Waals surface area (Å²) in [6.45, 7) is 5.63. The van der Waals surface area contributed by atoms with E-state index in [0.717, 1.165) is 14.7 Å². The van der Waals surface area contributed by atoms with Crippen LogP contribution in [-0.4, -0.2) is 35.1 Å². The number of halogens is 1. The van der Waals surface area contributed by atoms with Gasteiger partial charge in [-0.05, 0) is 55.0 Å². The van der Waals surface area contributed by atoms with Crippen molar-refractivity contribution in [3.8, 4) is 0 Å². The zero-order valence-electron chi connectivity index (χ0n) is 10.6. The fourth-order valence-electron chi connectivity index (χ4n) is 1.75. The lowest BCUT2D eigenvalue weighted by Gasteiger charge is -2.26. The van der Waals surface area contributed by atoms with Gasteiger partial charge in [-0.15, -0.1) is 0 Å². The van der Waals surface area contributed by atoms with E-state index in [-0.39, 0.29) is 5.91 Å². The molecule has 0 unspecified atom stereocenters. The Morgan fingerprint density at radius 2 is 2.06 bits per heavy atom. The number of amides is 1. The van der Waals surface area contributed by atoms with Crippen LogP contribution in [0, 0.1) is 10.5 Å². The molecule has 0 atom stereocenters. The van der Waals surface area contributed by atoms with Crippen LogP contribution in [0.3, 0.4) is 0 Å². The Morgan fingerprint density at radius 1 is 1.47 bits per heavy atom. The minimum atomic E-state index is -0.876. The molecule has 0 aliphatic carbocycles. The maximum Gasteiger partial charge on any atom is 0.255 e. The molecule has 4 heteroatoms. The predicted molar refractivity (Wildman–Crippen MR) is 77.2 cm³/mol. The molecule has 3 nitrogen and oxygen atoms in total. The monoisotopic (exact) mass is 347 g/mol. The van der Waals surface area contributed by atoms with Crippen molar-refractivity contribution in [3.05, 3.63) is 32.9 Å². The molecule has 0 radical (unpaired) electrons. The van der Waals surface area contributed by atoms with Crippen molar-refractivity contribution in [2.24, 2.45) is 0 Å². The van der Waals surface area contributed by atoms with Gasteiger partial charge in [0.1, 0.15) is 0 Å². The fourth-order valence-corrected chi connectivity index (χ4v) is 2.61. The van der Waals surface area contributed by atoms with E-state index in [9.17, 15) is 9.90 Å². The SMILES string of the molecule is Cc1cccc(I)c1C(=O)N(C)CC(C)(C)O. The third-order valence-corrected chi connectivity index (χ3v) is 3.31. The number of rotatable bonds is 3. The fraction of sp³-hybridized carbons (Fsp3) is 0.462. The Bertz CT molecular complexity index is 404. The smallest absolute Gasteiger partial charge is 0.255 e. The van der Waals surface area contributed by atoms with E-state index < -0.39 is 5.60 Å². The normalized spacial score (nSPS) is 11.4. The maximum atomic E-state index is 12.3. The van der Waals surface area contributed by atoms with Gasteiger partial charge < -0.3 is 10.0 Å². The summed E-state index contributed by atoms with van der Waals surface area (Å²) in [5.74, 6) is -0.0466. The van der Waals surface area contributed by atoms with Gasteiger partial charge >= 0.3 is 0 Å². The number of hydrogen-bond donors (Lipinski definition) is 1. The second kappa shape index (κ2) is 5.35. The molecular weight excluding hydrogens is 329 g/mol. The van der Waals surface area contributed by atoms with Crippen LogP contribution in [0.1, 0.15) is 29.8 Å². The quantitative estimate of drug-likeness (QED) is 0.854. The highest BCUT2D eigenvalue weighted by atomic mass is 127. The van der Waals surface area contributed by atoms with Gasteiger partial charge in [0, 0.05) is 17.2 Å². The molecule has 1 rings (SSSR count). The number of aliphatic hydroxyl groups is 1. The van der Waals surface area contributed by atoms with Crippen LogP contribution in [0.4, 0.5) is 0 Å². The molecule has 94 valence electrons. The van der Waals surface area contributed by atoms with Crippen molar-refractivity contribution < 1.29 is 9.90 Å². The number of aryl methyl sites for hydroxylation is 1. The highest BCUT2D eigenvalue weighted by molar-refractivity contribution is 14.1. The summed E-state index contributed by atoms with van der Waals surface area (Å²) in [4.78, 5) is 13.8. The second-order valence-electron chi connectivity index (χ2n) is 4.91. The van der Waals surface area contributed by atoms with E-state index in [1.165, 1.54) is 0 Å². The van der Waals surface area contributed by atoms with Crippen LogP contribution in [0.25, 0.3) is 0 Å². The van der Waals surface area contributed by atoms with Gasteiger partial charge in [0.15, 0.2) is 0 Å². The van der Waals surface area contributed by atoms with Crippen molar-refractivity contribution in [1.82, 2.24) is 4.90 Å². The Kier molecular flexibility index (Phi) is 4.55. The lowest BCUT2D eigenvalue weighted by atomic mass is 10.1. The second-order valence-corrected chi connectivity index (χ2v) is 6.07. The molecule has 0 aliphatic rings. The first kappa shape index (κ1) is 14.4. The van der Waals surface area contributed by atoms with E-state index >= 15 is 0 Å². The molecule has 0 heterocycles. The average Bonchev–Trinajstić information content (AvgIpc) is 2.14. The van der Waals surface area contributed by atoms with Crippen molar-refractivity contribution >= 4 is 28.5 Å². The van der Waals surface area contributed by atoms with Crippen LogP contribution in [-0.2, 0) is 0 Å². The molecule has 0 saturated carbocycles. The standard InChI is InChI=1S/C13H18INO2/c1-9-6-5-7-10(14)11(9)12(16)15(4)8-13(2,3)17/h5-7,17H,8H2,1-4H3. The molecule has 0 bridgehead atoms. The van der Waals surface area contributed by atoms with Crippen molar-refractivity contribution in [2.75, 3.05) is 13.6 Å². The minimum absolute atomic E-state index is 0.0466. The minimum Gasteiger partial charge on any atom is -0.389 e. The van der Waals surface area contributed by atoms with E-state index in [2.05, 4.69) is 22.6 Å². The first-order valence-corrected chi connectivity index (χ1v) is 6.53. The van der Waals surface area contributed by atoms with Gasteiger partial charge in [-0.25, -0.2) is 0 Å². The topological polar surface area (TPSA) is 40.5 Å². The summed E-state index contributed by atoms with van der Waals surface area (Å²) in [7, 11) is 1.71. The van der Waals surface area contributed by atoms with Gasteiger partial charge in [-0.2, -0.15) is 0 Å². The molecule has 1 aromatic rings. The van der Waals surface area contributed by atoms with Crippen LogP contribution in [0.15, 0.2) is 18.2 Å². The van der Waals surface area contributed by atoms with E-state index in [1.54, 1.807) is 25.8 Å². The predicted octanol–water partition coefficient (Wildman–Crippen LogP) is 2.44. The van der Waals surface area contributed by atoms with Crippen molar-refractivity contribution in [3.63, 3.8) is 0 Å². The van der Waals surface area contributed by atoms with Crippen LogP contribution in [0.2, 0.25) is 0 Å². The summed E-state index contributed by atoms with van der Waals surface area (Å²) >= 11 is 2.16. The van der Waals surface area contributed by atoms with Crippen LogP contribution < -0.4 is 0 Å². The third-order valence-electron chi connectivity index (χ3n) is 2.41. The number of nitrogens with zero attached hydrogens (tertiary/aromatic N) is 1. The first-order valence-electron chi connectivity index (χ1n) is 5.45. The summed E-state index contributed by atoms with van der Waals surface area (Å²) in [5.41, 5.74) is 0.808. The van der Waals surface area contributed by atoms with Crippen LogP contribution in [0.5, 0.6) is 0 Å². The molecule has 0 aliphatic heterocycles. The van der Waals surface area contributed by atoms with Crippen molar-refractivity contribution in [1.29, 1.82) is 0 Å². The van der Waals surface area contributed by atoms with Crippen molar-refractivity contribution in [2.45, 2.75) is 26.4 Å². The van der Waals surface area contributed by atoms with Gasteiger partial charge in [-0.3, -0.25) is 4.79 Å². The maximum absolute atomic E-state index is 12.3. The molecule has 1 amide bonds. The molecular formula is C13H18INO2. The number of hydrogen-bond acceptors (Lipinski definition) is 2. The molecule has 0 aromatic heterocycles. The summed E-state index contributed by atoms with van der Waals surface area (Å²) in [6, 6.07) is 5.77. The lowest BCUT2D eigenvalue weighted by molar-refractivity contribution is 0.0367. The number of carbonyl (C=O) groups is 1. The lowest BCUT2D eigenvalue weighted by Crippen LogP contribution is -2.40. The summed E-state index contributed by atoms with van der Waals surface area (Å²) in [5, 5.41) is 9.73. The molecule has 0 fully saturated rings. The molecule has 0 spiro atoms. The van der Waals surface area contributed by atoms with Gasteiger partial charge in [0.05, 0.1) is 11.2 Å². The molecule has 1 aromatic carbocycles. The van der Waals surface area contributed by atoms with E-state index in [4.69, 9.17) is 0 Å². The molecule has 0 saturated heterocycles. The number of carbonyl (C=O) groups excluding carboxylic acids is 1. The van der Waals surface area contributed by atoms with E-state index in [0.29, 0.717) is 6.54 Å². The largest absolute Gasteiger partial charge is 0.389 e. The molecule has 17 heavy (non-hydrogen) atoms. The van der Waals surface area contributed by atoms with Crippen LogP contribution >= 0.6 is 22.6 Å². The van der Waals surface area contributed by atoms with Gasteiger partial charge in [0.2, 0.25) is 0 Å². The number of likely N-dealkylation sites (N-methyl/N-ethyl adjacent to an activating group) is 1. The highest BCUT2D eigenvalue weighted by Crippen LogP contribution is 2.19. The summed E-state index contributed by atoms with van der Waals surface area (Å²) in [6.07, 6.45) is 0. The molecule has 1 N–H and O–H groups in total. The Labute approximate surface area is 116 Å². The Morgan fingerprint density at radius 3 is 2.53 bits per heavy atom. The average molecular weight is 347 g/mol.